The molecule has 0 radical (unpaired) electrons. The first-order valence-electron chi connectivity index (χ1n) is 7.70. The molecular formula is C16H18ClF3N4O2. The van der Waals surface area contributed by atoms with Crippen molar-refractivity contribution in [2.24, 2.45) is 0 Å². The highest BCUT2D eigenvalue weighted by atomic mass is 35.5. The van der Waals surface area contributed by atoms with Crippen LogP contribution in [-0.2, 0) is 19.5 Å². The summed E-state index contributed by atoms with van der Waals surface area (Å²) < 4.78 is 40.8. The number of carbonyl (C=O) groups is 1. The first-order chi connectivity index (χ1) is 11.8. The molecule has 26 heavy (non-hydrogen) atoms. The minimum Gasteiger partial charge on any atom is -0.406 e. The van der Waals surface area contributed by atoms with Gasteiger partial charge in [-0.05, 0) is 17.7 Å². The number of H-pyrrole nitrogens is 1. The summed E-state index contributed by atoms with van der Waals surface area (Å²) >= 11 is 0. The highest BCUT2D eigenvalue weighted by Crippen LogP contribution is 2.24. The summed E-state index contributed by atoms with van der Waals surface area (Å²) in [7, 11) is 1.58. The molecule has 1 aliphatic rings. The Morgan fingerprint density at radius 2 is 2.15 bits per heavy atom. The Balaban J connectivity index is 0.00000243. The van der Waals surface area contributed by atoms with E-state index in [2.05, 4.69) is 20.3 Å². The number of hydrogen-bond donors (Lipinski definition) is 2. The third-order valence-corrected chi connectivity index (χ3v) is 3.91. The van der Waals surface area contributed by atoms with Crippen molar-refractivity contribution in [3.8, 4) is 5.75 Å². The zero-order chi connectivity index (χ0) is 18.0. The summed E-state index contributed by atoms with van der Waals surface area (Å²) in [6.45, 7) is 1.53. The maximum Gasteiger partial charge on any atom is 0.573 e. The maximum atomic E-state index is 12.6. The second-order valence-electron chi connectivity index (χ2n) is 5.81. The van der Waals surface area contributed by atoms with Gasteiger partial charge < -0.3 is 15.0 Å². The Labute approximate surface area is 154 Å². The number of hydrogen-bond acceptors (Lipinski definition) is 4. The minimum atomic E-state index is -4.75. The number of benzene rings is 1. The highest BCUT2D eigenvalue weighted by molar-refractivity contribution is 5.93. The van der Waals surface area contributed by atoms with Gasteiger partial charge in [-0.2, -0.15) is 5.10 Å². The number of rotatable bonds is 4. The van der Waals surface area contributed by atoms with Gasteiger partial charge in [0.15, 0.2) is 5.69 Å². The largest absolute Gasteiger partial charge is 0.573 e. The van der Waals surface area contributed by atoms with Gasteiger partial charge >= 0.3 is 6.36 Å². The van der Waals surface area contributed by atoms with Crippen molar-refractivity contribution in [2.75, 3.05) is 13.6 Å². The number of nitrogens with one attached hydrogen (secondary N) is 2. The molecule has 2 aromatic rings. The lowest BCUT2D eigenvalue weighted by atomic mass is 10.1. The molecule has 2 N–H and O–H groups in total. The van der Waals surface area contributed by atoms with Gasteiger partial charge in [0.05, 0.1) is 0 Å². The molecule has 6 nitrogen and oxygen atoms in total. The highest BCUT2D eigenvalue weighted by Gasteiger charge is 2.31. The molecule has 1 amide bonds. The van der Waals surface area contributed by atoms with Crippen LogP contribution in [0, 0.1) is 0 Å². The Kier molecular flexibility index (Phi) is 6.14. The normalized spacial score (nSPS) is 13.5. The lowest BCUT2D eigenvalue weighted by molar-refractivity contribution is -0.274. The molecule has 3 rings (SSSR count). The van der Waals surface area contributed by atoms with Gasteiger partial charge in [-0.15, -0.1) is 25.6 Å². The Hall–Kier alpha value is -2.26. The summed E-state index contributed by atoms with van der Waals surface area (Å²) in [6, 6.07) is 5.57. The molecule has 10 heteroatoms. The Morgan fingerprint density at radius 1 is 1.38 bits per heavy atom. The van der Waals surface area contributed by atoms with E-state index in [1.807, 2.05) is 0 Å². The van der Waals surface area contributed by atoms with Crippen LogP contribution in [0.15, 0.2) is 24.3 Å². The summed E-state index contributed by atoms with van der Waals surface area (Å²) in [5.41, 5.74) is 2.65. The number of halogens is 4. The first-order valence-corrected chi connectivity index (χ1v) is 7.70. The van der Waals surface area contributed by atoms with Gasteiger partial charge in [-0.1, -0.05) is 12.1 Å². The second-order valence-corrected chi connectivity index (χ2v) is 5.81. The summed E-state index contributed by atoms with van der Waals surface area (Å²) in [5.74, 6) is -0.601. The van der Waals surface area contributed by atoms with Crippen LogP contribution in [0.4, 0.5) is 13.2 Å². The molecule has 0 spiro atoms. The lowest BCUT2D eigenvalue weighted by Crippen LogP contribution is -2.30. The standard InChI is InChI=1S/C16H17F3N4O2.ClH/c1-23(9-10-3-2-4-11(7-10)25-16(17,18)19)15(24)14-12-8-20-6-5-13(12)21-22-14;/h2-4,7,20H,5-6,8-9H2,1H3,(H,21,22);1H. The Bertz CT molecular complexity index is 779. The second kappa shape index (κ2) is 7.96. The van der Waals surface area contributed by atoms with Crippen LogP contribution in [0.3, 0.4) is 0 Å². The molecule has 142 valence electrons. The number of ether oxygens (including phenoxy) is 1. The molecule has 0 saturated heterocycles. The van der Waals surface area contributed by atoms with E-state index < -0.39 is 6.36 Å². The topological polar surface area (TPSA) is 70.2 Å². The molecule has 0 fully saturated rings. The van der Waals surface area contributed by atoms with E-state index in [-0.39, 0.29) is 30.6 Å². The van der Waals surface area contributed by atoms with Crippen LogP contribution in [0.1, 0.15) is 27.3 Å². The minimum absolute atomic E-state index is 0. The number of nitrogens with zero attached hydrogens (tertiary/aromatic N) is 2. The fraction of sp³-hybridized carbons (Fsp3) is 0.375. The average Bonchev–Trinajstić information content (AvgIpc) is 2.96. The molecule has 0 bridgehead atoms. The van der Waals surface area contributed by atoms with Gasteiger partial charge in [0, 0.05) is 44.4 Å². The van der Waals surface area contributed by atoms with Gasteiger partial charge in [-0.3, -0.25) is 9.89 Å². The van der Waals surface area contributed by atoms with Gasteiger partial charge in [-0.25, -0.2) is 0 Å². The first kappa shape index (κ1) is 20.1. The van der Waals surface area contributed by atoms with Crippen molar-refractivity contribution < 1.29 is 22.7 Å². The number of aromatic nitrogens is 2. The van der Waals surface area contributed by atoms with Gasteiger partial charge in [0.2, 0.25) is 0 Å². The molecule has 0 atom stereocenters. The van der Waals surface area contributed by atoms with Crippen molar-refractivity contribution in [1.82, 2.24) is 20.4 Å². The molecule has 1 aromatic heterocycles. The van der Waals surface area contributed by atoms with Crippen LogP contribution >= 0.6 is 12.4 Å². The van der Waals surface area contributed by atoms with Crippen LogP contribution in [0.25, 0.3) is 0 Å². The zero-order valence-electron chi connectivity index (χ0n) is 13.9. The molecule has 1 aliphatic heterocycles. The number of aromatic amines is 1. The van der Waals surface area contributed by atoms with Crippen molar-refractivity contribution in [3.63, 3.8) is 0 Å². The van der Waals surface area contributed by atoms with E-state index in [4.69, 9.17) is 0 Å². The molecule has 0 unspecified atom stereocenters. The fourth-order valence-electron chi connectivity index (χ4n) is 2.77. The van der Waals surface area contributed by atoms with Crippen LogP contribution in [0.5, 0.6) is 5.75 Å². The number of amides is 1. The van der Waals surface area contributed by atoms with E-state index in [1.54, 1.807) is 13.1 Å². The van der Waals surface area contributed by atoms with Crippen LogP contribution in [0.2, 0.25) is 0 Å². The molecular weight excluding hydrogens is 373 g/mol. The number of alkyl halides is 3. The summed E-state index contributed by atoms with van der Waals surface area (Å²) in [6.07, 6.45) is -3.97. The van der Waals surface area contributed by atoms with E-state index in [9.17, 15) is 18.0 Å². The monoisotopic (exact) mass is 390 g/mol. The molecule has 0 saturated carbocycles. The average molecular weight is 391 g/mol. The molecule has 0 aliphatic carbocycles. The summed E-state index contributed by atoms with van der Waals surface area (Å²) in [4.78, 5) is 14.0. The van der Waals surface area contributed by atoms with Gasteiger partial charge in [0.1, 0.15) is 5.75 Å². The molecule has 2 heterocycles. The quantitative estimate of drug-likeness (QED) is 0.842. The van der Waals surface area contributed by atoms with Crippen molar-refractivity contribution in [2.45, 2.75) is 25.9 Å². The third-order valence-electron chi connectivity index (χ3n) is 3.91. The van der Waals surface area contributed by atoms with Crippen LogP contribution in [-0.4, -0.2) is 41.0 Å². The van der Waals surface area contributed by atoms with Gasteiger partial charge in [0.25, 0.3) is 5.91 Å². The summed E-state index contributed by atoms with van der Waals surface area (Å²) in [5, 5.41) is 10.2. The van der Waals surface area contributed by atoms with Crippen LogP contribution < -0.4 is 10.1 Å². The van der Waals surface area contributed by atoms with E-state index >= 15 is 0 Å². The number of fused-ring (bicyclic) bond motifs is 1. The lowest BCUT2D eigenvalue weighted by Gasteiger charge is -2.19. The Morgan fingerprint density at radius 3 is 2.88 bits per heavy atom. The van der Waals surface area contributed by atoms with E-state index in [0.717, 1.165) is 24.2 Å². The van der Waals surface area contributed by atoms with Crippen molar-refractivity contribution in [1.29, 1.82) is 0 Å². The zero-order valence-corrected chi connectivity index (χ0v) is 14.7. The third kappa shape index (κ3) is 4.67. The van der Waals surface area contributed by atoms with Crippen molar-refractivity contribution in [3.05, 3.63) is 46.8 Å². The predicted octanol–water partition coefficient (Wildman–Crippen LogP) is 2.65. The van der Waals surface area contributed by atoms with E-state index in [0.29, 0.717) is 17.8 Å². The maximum absolute atomic E-state index is 12.6. The fourth-order valence-corrected chi connectivity index (χ4v) is 2.77. The molecule has 1 aromatic carbocycles. The smallest absolute Gasteiger partial charge is 0.406 e. The number of carbonyl (C=O) groups excluding carboxylic acids is 1. The predicted molar refractivity (Wildman–Crippen MR) is 90.2 cm³/mol. The van der Waals surface area contributed by atoms with Crippen molar-refractivity contribution >= 4 is 18.3 Å². The SMILES string of the molecule is CN(Cc1cccc(OC(F)(F)F)c1)C(=O)c1n[nH]c2c1CNCC2.Cl. The van der Waals surface area contributed by atoms with E-state index in [1.165, 1.54) is 23.1 Å².